The van der Waals surface area contributed by atoms with Crippen molar-refractivity contribution >= 4 is 28.9 Å². The van der Waals surface area contributed by atoms with Crippen LogP contribution in [-0.4, -0.2) is 57.0 Å². The lowest BCUT2D eigenvalue weighted by atomic mass is 10.00. The SMILES string of the molecule is Cc1ncncc1-c1cc(C(=O)Nc2ccc(OC(F)(F)Cl)cc2)ccc1N1C[C@H](O)[C@@H](O)C1. The lowest BCUT2D eigenvalue weighted by molar-refractivity contribution is -0.0964. The van der Waals surface area contributed by atoms with Gasteiger partial charge >= 0.3 is 5.57 Å². The van der Waals surface area contributed by atoms with E-state index in [1.54, 1.807) is 24.4 Å². The van der Waals surface area contributed by atoms with Crippen molar-refractivity contribution in [3.05, 3.63) is 66.2 Å². The number of aliphatic hydroxyl groups excluding tert-OH is 2. The number of alkyl halides is 3. The Bertz CT molecular complexity index is 1180. The van der Waals surface area contributed by atoms with Crippen LogP contribution in [0, 0.1) is 6.92 Å². The van der Waals surface area contributed by atoms with Gasteiger partial charge in [0.2, 0.25) is 0 Å². The monoisotopic (exact) mass is 490 g/mol. The van der Waals surface area contributed by atoms with Gasteiger partial charge in [0.25, 0.3) is 5.91 Å². The van der Waals surface area contributed by atoms with Crippen LogP contribution in [0.5, 0.6) is 5.75 Å². The van der Waals surface area contributed by atoms with Crippen molar-refractivity contribution < 1.29 is 28.5 Å². The fourth-order valence-corrected chi connectivity index (χ4v) is 3.82. The van der Waals surface area contributed by atoms with E-state index in [1.165, 1.54) is 30.6 Å². The molecule has 1 aromatic heterocycles. The normalized spacial score (nSPS) is 18.1. The number of ether oxygens (including phenoxy) is 1. The number of carbonyl (C=O) groups excluding carboxylic acids is 1. The molecular weight excluding hydrogens is 470 g/mol. The van der Waals surface area contributed by atoms with Crippen LogP contribution >= 0.6 is 11.6 Å². The van der Waals surface area contributed by atoms with Gasteiger partial charge in [-0.1, -0.05) is 0 Å². The van der Waals surface area contributed by atoms with Crippen LogP contribution < -0.4 is 15.0 Å². The molecule has 1 amide bonds. The second kappa shape index (κ2) is 9.49. The average molecular weight is 491 g/mol. The number of hydrogen-bond acceptors (Lipinski definition) is 7. The van der Waals surface area contributed by atoms with Gasteiger partial charge in [0, 0.05) is 64.6 Å². The smallest absolute Gasteiger partial charge is 0.420 e. The van der Waals surface area contributed by atoms with Crippen LogP contribution in [0.4, 0.5) is 20.2 Å². The topological polar surface area (TPSA) is 108 Å². The summed E-state index contributed by atoms with van der Waals surface area (Å²) >= 11 is 4.76. The molecular formula is C23H21ClF2N4O4. The number of hydrogen-bond donors (Lipinski definition) is 3. The molecule has 34 heavy (non-hydrogen) atoms. The molecule has 2 heterocycles. The van der Waals surface area contributed by atoms with Gasteiger partial charge in [0.05, 0.1) is 12.2 Å². The Morgan fingerprint density at radius 1 is 1.15 bits per heavy atom. The molecule has 0 bridgehead atoms. The Morgan fingerprint density at radius 3 is 2.44 bits per heavy atom. The maximum absolute atomic E-state index is 12.9. The van der Waals surface area contributed by atoms with Crippen molar-refractivity contribution in [1.29, 1.82) is 0 Å². The second-order valence-corrected chi connectivity index (χ2v) is 8.26. The molecule has 2 atom stereocenters. The number of amides is 1. The van der Waals surface area contributed by atoms with Gasteiger partial charge in [-0.25, -0.2) is 9.97 Å². The number of β-amino-alcohol motifs (C(OH)–C–C–N with tert-alkyl or cyclic N) is 2. The highest BCUT2D eigenvalue weighted by Gasteiger charge is 2.31. The number of aryl methyl sites for hydroxylation is 1. The van der Waals surface area contributed by atoms with Gasteiger partial charge in [-0.05, 0) is 49.4 Å². The Morgan fingerprint density at radius 2 is 1.82 bits per heavy atom. The van der Waals surface area contributed by atoms with Crippen molar-refractivity contribution in [3.8, 4) is 16.9 Å². The Kier molecular flexibility index (Phi) is 6.65. The molecule has 1 aliphatic heterocycles. The van der Waals surface area contributed by atoms with Gasteiger partial charge in [-0.2, -0.15) is 0 Å². The van der Waals surface area contributed by atoms with Crippen molar-refractivity contribution in [2.45, 2.75) is 24.7 Å². The first-order valence-corrected chi connectivity index (χ1v) is 10.7. The average Bonchev–Trinajstić information content (AvgIpc) is 3.12. The number of benzene rings is 2. The van der Waals surface area contributed by atoms with Gasteiger partial charge in [0.15, 0.2) is 0 Å². The summed E-state index contributed by atoms with van der Waals surface area (Å²) in [4.78, 5) is 23.1. The predicted octanol–water partition coefficient (Wildman–Crippen LogP) is 3.41. The molecule has 11 heteroatoms. The second-order valence-electron chi connectivity index (χ2n) is 7.82. The molecule has 1 saturated heterocycles. The third-order valence-electron chi connectivity index (χ3n) is 5.41. The van der Waals surface area contributed by atoms with Crippen molar-refractivity contribution in [1.82, 2.24) is 9.97 Å². The number of halogens is 3. The molecule has 1 aliphatic rings. The molecule has 4 rings (SSSR count). The summed E-state index contributed by atoms with van der Waals surface area (Å²) in [5, 5.41) is 22.7. The summed E-state index contributed by atoms with van der Waals surface area (Å²) in [5.74, 6) is -0.584. The van der Waals surface area contributed by atoms with E-state index in [0.717, 1.165) is 0 Å². The summed E-state index contributed by atoms with van der Waals surface area (Å²) in [7, 11) is 0. The van der Waals surface area contributed by atoms with Gasteiger partial charge in [-0.15, -0.1) is 8.78 Å². The molecule has 3 aromatic rings. The third-order valence-corrected chi connectivity index (χ3v) is 5.48. The zero-order valence-electron chi connectivity index (χ0n) is 18.0. The largest absolute Gasteiger partial charge is 0.487 e. The maximum Gasteiger partial charge on any atom is 0.487 e. The molecule has 3 N–H and O–H groups in total. The molecule has 0 aliphatic carbocycles. The maximum atomic E-state index is 12.9. The van der Waals surface area contributed by atoms with E-state index >= 15 is 0 Å². The van der Waals surface area contributed by atoms with E-state index in [0.29, 0.717) is 33.8 Å². The quantitative estimate of drug-likeness (QED) is 0.454. The minimum atomic E-state index is -3.83. The fourth-order valence-electron chi connectivity index (χ4n) is 3.73. The Hall–Kier alpha value is -3.34. The van der Waals surface area contributed by atoms with Crippen LogP contribution in [0.25, 0.3) is 11.1 Å². The van der Waals surface area contributed by atoms with E-state index in [2.05, 4.69) is 20.0 Å². The first kappa shape index (κ1) is 23.8. The number of carbonyl (C=O) groups is 1. The molecule has 1 fully saturated rings. The van der Waals surface area contributed by atoms with Crippen LogP contribution in [0.3, 0.4) is 0 Å². The Balaban J connectivity index is 1.62. The van der Waals surface area contributed by atoms with Gasteiger partial charge in [0.1, 0.15) is 12.1 Å². The van der Waals surface area contributed by atoms with E-state index in [9.17, 15) is 23.8 Å². The van der Waals surface area contributed by atoms with Crippen LogP contribution in [-0.2, 0) is 0 Å². The number of aromatic nitrogens is 2. The number of aliphatic hydroxyl groups is 2. The molecule has 0 spiro atoms. The lowest BCUT2D eigenvalue weighted by Crippen LogP contribution is -2.22. The zero-order chi connectivity index (χ0) is 24.5. The van der Waals surface area contributed by atoms with Gasteiger partial charge < -0.3 is 25.2 Å². The minimum absolute atomic E-state index is 0.154. The fraction of sp³-hybridized carbons (Fsp3) is 0.261. The molecule has 0 saturated carbocycles. The molecule has 178 valence electrons. The summed E-state index contributed by atoms with van der Waals surface area (Å²) in [5.41, 5.74) is -0.356. The summed E-state index contributed by atoms with van der Waals surface area (Å²) in [6, 6.07) is 10.4. The minimum Gasteiger partial charge on any atom is -0.420 e. The number of rotatable bonds is 6. The van der Waals surface area contributed by atoms with Gasteiger partial charge in [-0.3, -0.25) is 4.79 Å². The van der Waals surface area contributed by atoms with Crippen LogP contribution in [0.15, 0.2) is 55.0 Å². The zero-order valence-corrected chi connectivity index (χ0v) is 18.7. The van der Waals surface area contributed by atoms with Crippen molar-refractivity contribution in [2.75, 3.05) is 23.3 Å². The van der Waals surface area contributed by atoms with Crippen LogP contribution in [0.1, 0.15) is 16.1 Å². The van der Waals surface area contributed by atoms with E-state index in [1.807, 2.05) is 11.8 Å². The van der Waals surface area contributed by atoms with Crippen molar-refractivity contribution in [3.63, 3.8) is 0 Å². The van der Waals surface area contributed by atoms with E-state index in [4.69, 9.17) is 11.6 Å². The third kappa shape index (κ3) is 5.41. The van der Waals surface area contributed by atoms with E-state index < -0.39 is 23.7 Å². The number of anilines is 2. The summed E-state index contributed by atoms with van der Waals surface area (Å²) in [6.45, 7) is 2.29. The standard InChI is InChI=1S/C23H21ClF2N4O4/c1-13-18(9-27-12-28-13)17-8-14(2-7-19(17)30-10-20(31)21(32)11-30)22(33)29-15-3-5-16(6-4-15)34-23(24,25)26/h2-9,12,20-21,31-32H,10-11H2,1H3,(H,29,33)/t20-,21-/m0/s1. The number of nitrogens with zero attached hydrogens (tertiary/aromatic N) is 3. The highest BCUT2D eigenvalue weighted by atomic mass is 35.5. The predicted molar refractivity (Wildman–Crippen MR) is 122 cm³/mol. The summed E-state index contributed by atoms with van der Waals surface area (Å²) in [6.07, 6.45) is 1.30. The number of nitrogens with one attached hydrogen (secondary N) is 1. The lowest BCUT2D eigenvalue weighted by Gasteiger charge is -2.23. The summed E-state index contributed by atoms with van der Waals surface area (Å²) < 4.78 is 29.8. The highest BCUT2D eigenvalue weighted by molar-refractivity contribution is 6.20. The molecule has 2 aromatic carbocycles. The van der Waals surface area contributed by atoms with E-state index in [-0.39, 0.29) is 18.8 Å². The molecule has 8 nitrogen and oxygen atoms in total. The Labute approximate surface area is 198 Å². The van der Waals surface area contributed by atoms with Crippen LogP contribution in [0.2, 0.25) is 0 Å². The highest BCUT2D eigenvalue weighted by Crippen LogP contribution is 2.35. The first-order valence-electron chi connectivity index (χ1n) is 10.3. The molecule has 0 unspecified atom stereocenters. The molecule has 0 radical (unpaired) electrons. The first-order chi connectivity index (χ1) is 16.1. The van der Waals surface area contributed by atoms with Crippen molar-refractivity contribution in [2.24, 2.45) is 0 Å².